The Morgan fingerprint density at radius 3 is 2.71 bits per heavy atom. The molecule has 6 nitrogen and oxygen atoms in total. The average molecular weight is 470 g/mol. The third-order valence-corrected chi connectivity index (χ3v) is 7.29. The Balaban J connectivity index is 1.55. The Kier molecular flexibility index (Phi) is 7.67. The molecule has 2 heterocycles. The number of aryl methyl sites for hydroxylation is 2. The number of nitriles is 1. The summed E-state index contributed by atoms with van der Waals surface area (Å²) in [6.07, 6.45) is 7.08. The zero-order valence-electron chi connectivity index (χ0n) is 21.3. The standard InChI is InChI=1S/C29H35N5O/c1-5-6-9-26-18-34(28-10-7-8-21(2)23(28)4)29(35)19-32(26)17-27-15-31-20-33(27)16-25-13-24(14-30)12-11-22(25)3/h7-8,10-13,15,20,26H,5-6,9,16-19H2,1-4H3. The molecule has 1 unspecified atom stereocenters. The molecule has 0 radical (unpaired) electrons. The van der Waals surface area contributed by atoms with E-state index in [-0.39, 0.29) is 5.91 Å². The van der Waals surface area contributed by atoms with E-state index in [0.717, 1.165) is 41.8 Å². The van der Waals surface area contributed by atoms with E-state index in [9.17, 15) is 10.1 Å². The molecule has 4 rings (SSSR count). The van der Waals surface area contributed by atoms with Gasteiger partial charge in [-0.3, -0.25) is 9.69 Å². The fraction of sp³-hybridized carbons (Fsp3) is 0.414. The lowest BCUT2D eigenvalue weighted by molar-refractivity contribution is -0.122. The molecule has 0 aliphatic carbocycles. The first-order valence-corrected chi connectivity index (χ1v) is 12.5. The van der Waals surface area contributed by atoms with Gasteiger partial charge < -0.3 is 9.47 Å². The van der Waals surface area contributed by atoms with Crippen molar-refractivity contribution in [2.45, 2.75) is 66.1 Å². The lowest BCUT2D eigenvalue weighted by atomic mass is 10.0. The number of benzene rings is 2. The van der Waals surface area contributed by atoms with E-state index in [2.05, 4.69) is 60.3 Å². The van der Waals surface area contributed by atoms with Crippen molar-refractivity contribution in [2.75, 3.05) is 18.0 Å². The highest BCUT2D eigenvalue weighted by molar-refractivity contribution is 5.96. The van der Waals surface area contributed by atoms with E-state index in [0.29, 0.717) is 37.8 Å². The molecule has 35 heavy (non-hydrogen) atoms. The molecule has 3 aromatic rings. The van der Waals surface area contributed by atoms with Gasteiger partial charge >= 0.3 is 0 Å². The lowest BCUT2D eigenvalue weighted by Gasteiger charge is -2.41. The summed E-state index contributed by atoms with van der Waals surface area (Å²) in [6.45, 7) is 10.9. The number of carbonyl (C=O) groups excluding carboxylic acids is 1. The van der Waals surface area contributed by atoms with Crippen LogP contribution in [0, 0.1) is 32.1 Å². The van der Waals surface area contributed by atoms with Gasteiger partial charge in [0.2, 0.25) is 5.91 Å². The molecule has 1 aliphatic rings. The number of aromatic nitrogens is 2. The normalized spacial score (nSPS) is 16.5. The number of piperazine rings is 1. The summed E-state index contributed by atoms with van der Waals surface area (Å²) in [5, 5.41) is 9.30. The summed E-state index contributed by atoms with van der Waals surface area (Å²) < 4.78 is 2.14. The first kappa shape index (κ1) is 24.7. The van der Waals surface area contributed by atoms with Crippen LogP contribution in [0.5, 0.6) is 0 Å². The molecule has 1 saturated heterocycles. The summed E-state index contributed by atoms with van der Waals surface area (Å²) in [7, 11) is 0. The summed E-state index contributed by atoms with van der Waals surface area (Å²) >= 11 is 0. The van der Waals surface area contributed by atoms with E-state index in [1.807, 2.05) is 41.7 Å². The third kappa shape index (κ3) is 5.47. The minimum atomic E-state index is 0.148. The zero-order chi connectivity index (χ0) is 24.9. The van der Waals surface area contributed by atoms with Gasteiger partial charge in [-0.15, -0.1) is 0 Å². The van der Waals surface area contributed by atoms with Crippen molar-refractivity contribution < 1.29 is 4.79 Å². The van der Waals surface area contributed by atoms with E-state index in [4.69, 9.17) is 0 Å². The fourth-order valence-corrected chi connectivity index (χ4v) is 4.90. The highest BCUT2D eigenvalue weighted by Crippen LogP contribution is 2.28. The SMILES string of the molecule is CCCCC1CN(c2cccc(C)c2C)C(=O)CN1Cc1cncn1Cc1cc(C#N)ccc1C. The van der Waals surface area contributed by atoms with Crippen LogP contribution in [0.3, 0.4) is 0 Å². The molecule has 1 atom stereocenters. The largest absolute Gasteiger partial charge is 0.329 e. The Labute approximate surface area is 208 Å². The number of carbonyl (C=O) groups is 1. The molecule has 0 saturated carbocycles. The van der Waals surface area contributed by atoms with Crippen molar-refractivity contribution in [3.05, 3.63) is 82.4 Å². The van der Waals surface area contributed by atoms with Gasteiger partial charge in [0, 0.05) is 37.6 Å². The maximum Gasteiger partial charge on any atom is 0.241 e. The number of hydrogen-bond donors (Lipinski definition) is 0. The molecule has 0 bridgehead atoms. The van der Waals surface area contributed by atoms with Gasteiger partial charge in [-0.1, -0.05) is 38.0 Å². The van der Waals surface area contributed by atoms with E-state index < -0.39 is 0 Å². The van der Waals surface area contributed by atoms with Crippen molar-refractivity contribution in [2.24, 2.45) is 0 Å². The molecular formula is C29H35N5O. The van der Waals surface area contributed by atoms with Crippen molar-refractivity contribution in [3.63, 3.8) is 0 Å². The van der Waals surface area contributed by atoms with Crippen LogP contribution in [0.25, 0.3) is 0 Å². The predicted octanol–water partition coefficient (Wildman–Crippen LogP) is 5.14. The van der Waals surface area contributed by atoms with Gasteiger partial charge in [0.25, 0.3) is 0 Å². The first-order chi connectivity index (χ1) is 16.9. The zero-order valence-corrected chi connectivity index (χ0v) is 21.3. The van der Waals surface area contributed by atoms with Gasteiger partial charge in [0.05, 0.1) is 30.2 Å². The third-order valence-electron chi connectivity index (χ3n) is 7.29. The van der Waals surface area contributed by atoms with Crippen molar-refractivity contribution in [3.8, 4) is 6.07 Å². The number of anilines is 1. The quantitative estimate of drug-likeness (QED) is 0.458. The van der Waals surface area contributed by atoms with Crippen LogP contribution in [0.4, 0.5) is 5.69 Å². The highest BCUT2D eigenvalue weighted by Gasteiger charge is 2.33. The molecule has 0 spiro atoms. The Hall–Kier alpha value is -3.43. The predicted molar refractivity (Wildman–Crippen MR) is 139 cm³/mol. The number of amides is 1. The summed E-state index contributed by atoms with van der Waals surface area (Å²) in [5.74, 6) is 0.148. The van der Waals surface area contributed by atoms with Crippen molar-refractivity contribution in [1.82, 2.24) is 14.5 Å². The maximum atomic E-state index is 13.3. The van der Waals surface area contributed by atoms with E-state index >= 15 is 0 Å². The van der Waals surface area contributed by atoms with Gasteiger partial charge in [0.15, 0.2) is 0 Å². The number of hydrogen-bond acceptors (Lipinski definition) is 4. The van der Waals surface area contributed by atoms with Crippen LogP contribution in [-0.2, 0) is 17.9 Å². The fourth-order valence-electron chi connectivity index (χ4n) is 4.90. The molecule has 2 aromatic carbocycles. The molecule has 1 aliphatic heterocycles. The van der Waals surface area contributed by atoms with Gasteiger partial charge in [0.1, 0.15) is 0 Å². The first-order valence-electron chi connectivity index (χ1n) is 12.5. The number of nitrogens with zero attached hydrogens (tertiary/aromatic N) is 5. The minimum Gasteiger partial charge on any atom is -0.329 e. The summed E-state index contributed by atoms with van der Waals surface area (Å²) in [5.41, 5.74) is 7.44. The molecule has 6 heteroatoms. The van der Waals surface area contributed by atoms with Crippen LogP contribution >= 0.6 is 0 Å². The van der Waals surface area contributed by atoms with E-state index in [1.165, 1.54) is 11.1 Å². The smallest absolute Gasteiger partial charge is 0.241 e. The van der Waals surface area contributed by atoms with Gasteiger partial charge in [-0.25, -0.2) is 4.98 Å². The second kappa shape index (κ2) is 10.9. The van der Waals surface area contributed by atoms with Crippen LogP contribution < -0.4 is 4.90 Å². The summed E-state index contributed by atoms with van der Waals surface area (Å²) in [6, 6.07) is 14.5. The van der Waals surface area contributed by atoms with Crippen LogP contribution in [0.1, 0.15) is 59.7 Å². The monoisotopic (exact) mass is 469 g/mol. The average Bonchev–Trinajstić information content (AvgIpc) is 3.28. The van der Waals surface area contributed by atoms with E-state index in [1.54, 1.807) is 0 Å². The number of rotatable bonds is 8. The summed E-state index contributed by atoms with van der Waals surface area (Å²) in [4.78, 5) is 22.1. The van der Waals surface area contributed by atoms with Gasteiger partial charge in [-0.2, -0.15) is 5.26 Å². The minimum absolute atomic E-state index is 0.148. The second-order valence-electron chi connectivity index (χ2n) is 9.69. The van der Waals surface area contributed by atoms with Crippen LogP contribution in [0.15, 0.2) is 48.9 Å². The van der Waals surface area contributed by atoms with Gasteiger partial charge in [-0.05, 0) is 67.6 Å². The Bertz CT molecular complexity index is 1240. The molecule has 1 aromatic heterocycles. The van der Waals surface area contributed by atoms with Crippen LogP contribution in [-0.4, -0.2) is 39.5 Å². The molecule has 182 valence electrons. The van der Waals surface area contributed by atoms with Crippen molar-refractivity contribution in [1.29, 1.82) is 5.26 Å². The topological polar surface area (TPSA) is 65.2 Å². The number of imidazole rings is 1. The lowest BCUT2D eigenvalue weighted by Crippen LogP contribution is -2.56. The molecule has 1 amide bonds. The second-order valence-corrected chi connectivity index (χ2v) is 9.69. The Morgan fingerprint density at radius 1 is 1.11 bits per heavy atom. The van der Waals surface area contributed by atoms with Crippen molar-refractivity contribution >= 4 is 11.6 Å². The number of unbranched alkanes of at least 4 members (excludes halogenated alkanes) is 1. The molecule has 1 fully saturated rings. The molecule has 0 N–H and O–H groups in total. The van der Waals surface area contributed by atoms with Crippen LogP contribution in [0.2, 0.25) is 0 Å². The maximum absolute atomic E-state index is 13.3. The highest BCUT2D eigenvalue weighted by atomic mass is 16.2. The molecular weight excluding hydrogens is 434 g/mol. The Morgan fingerprint density at radius 2 is 1.94 bits per heavy atom.